The van der Waals surface area contributed by atoms with Crippen molar-refractivity contribution < 1.29 is 13.3 Å². The summed E-state index contributed by atoms with van der Waals surface area (Å²) in [5.74, 6) is 0. The van der Waals surface area contributed by atoms with Crippen LogP contribution in [0.1, 0.15) is 5.56 Å². The van der Waals surface area contributed by atoms with E-state index >= 15 is 0 Å². The first-order chi connectivity index (χ1) is 10.4. The maximum absolute atomic E-state index is 12.8. The van der Waals surface area contributed by atoms with E-state index in [1.165, 1.54) is 24.3 Å². The van der Waals surface area contributed by atoms with Crippen molar-refractivity contribution >= 4 is 21.0 Å². The fraction of sp³-hybridized carbons (Fsp3) is 0.0667. The van der Waals surface area contributed by atoms with Crippen LogP contribution in [0.15, 0.2) is 64.6 Å². The molecule has 0 saturated heterocycles. The van der Waals surface area contributed by atoms with Crippen LogP contribution in [0.2, 0.25) is 0 Å². The topological polar surface area (TPSA) is 81.7 Å². The van der Waals surface area contributed by atoms with E-state index in [0.29, 0.717) is 5.56 Å². The highest BCUT2D eigenvalue weighted by atomic mass is 32.2. The Morgan fingerprint density at radius 2 is 1.77 bits per heavy atom. The van der Waals surface area contributed by atoms with E-state index in [1.54, 1.807) is 29.7 Å². The van der Waals surface area contributed by atoms with Crippen LogP contribution in [0.5, 0.6) is 0 Å². The van der Waals surface area contributed by atoms with Gasteiger partial charge in [0.2, 0.25) is 9.84 Å². The Morgan fingerprint density at radius 1 is 1.09 bits per heavy atom. The van der Waals surface area contributed by atoms with Crippen molar-refractivity contribution in [3.05, 3.63) is 70.4 Å². The number of hydrogen-bond donors (Lipinski definition) is 0. The molecule has 3 aromatic rings. The molecule has 6 nitrogen and oxygen atoms in total. The third kappa shape index (κ3) is 2.15. The van der Waals surface area contributed by atoms with Gasteiger partial charge in [-0.25, -0.2) is 8.42 Å². The van der Waals surface area contributed by atoms with Crippen LogP contribution in [0.4, 0.5) is 5.69 Å². The molecule has 0 aliphatic rings. The lowest BCUT2D eigenvalue weighted by Gasteiger charge is -2.06. The summed E-state index contributed by atoms with van der Waals surface area (Å²) in [6, 6.07) is 12.1. The van der Waals surface area contributed by atoms with Gasteiger partial charge in [0.1, 0.15) is 5.03 Å². The van der Waals surface area contributed by atoms with Gasteiger partial charge in [0.15, 0.2) is 0 Å². The number of pyridine rings is 1. The SMILES string of the molecule is Cc1cc2ccccn2c1S(=O)(=O)c1ccc([N+](=O)[O-])cc1. The van der Waals surface area contributed by atoms with Crippen LogP contribution in [0.25, 0.3) is 5.52 Å². The number of rotatable bonds is 3. The monoisotopic (exact) mass is 316 g/mol. The van der Waals surface area contributed by atoms with E-state index in [2.05, 4.69) is 0 Å². The zero-order chi connectivity index (χ0) is 15.9. The van der Waals surface area contributed by atoms with Crippen LogP contribution < -0.4 is 0 Å². The molecule has 0 saturated carbocycles. The zero-order valence-corrected chi connectivity index (χ0v) is 12.4. The van der Waals surface area contributed by atoms with E-state index in [4.69, 9.17) is 0 Å². The second kappa shape index (κ2) is 4.96. The molecule has 1 aromatic carbocycles. The molecule has 2 aromatic heterocycles. The molecule has 0 aliphatic heterocycles. The fourth-order valence-electron chi connectivity index (χ4n) is 2.43. The standard InChI is InChI=1S/C15H12N2O4S/c1-11-10-13-4-2-3-9-16(13)15(11)22(20,21)14-7-5-12(6-8-14)17(18)19/h2-10H,1H3. The summed E-state index contributed by atoms with van der Waals surface area (Å²) in [7, 11) is -3.76. The average molecular weight is 316 g/mol. The molecule has 0 spiro atoms. The highest BCUT2D eigenvalue weighted by molar-refractivity contribution is 7.91. The Morgan fingerprint density at radius 3 is 2.41 bits per heavy atom. The Kier molecular flexibility index (Phi) is 3.22. The number of aryl methyl sites for hydroxylation is 1. The predicted molar refractivity (Wildman–Crippen MR) is 80.7 cm³/mol. The van der Waals surface area contributed by atoms with Crippen molar-refractivity contribution in [2.24, 2.45) is 0 Å². The van der Waals surface area contributed by atoms with E-state index in [-0.39, 0.29) is 15.6 Å². The second-order valence-corrected chi connectivity index (χ2v) is 6.75. The average Bonchev–Trinajstić information content (AvgIpc) is 2.83. The molecular weight excluding hydrogens is 304 g/mol. The number of hydrogen-bond acceptors (Lipinski definition) is 4. The van der Waals surface area contributed by atoms with Gasteiger partial charge in [-0.1, -0.05) is 6.07 Å². The zero-order valence-electron chi connectivity index (χ0n) is 11.6. The molecule has 0 N–H and O–H groups in total. The summed E-state index contributed by atoms with van der Waals surface area (Å²) in [6.07, 6.45) is 1.68. The smallest absolute Gasteiger partial charge is 0.269 e. The van der Waals surface area contributed by atoms with Crippen molar-refractivity contribution in [3.63, 3.8) is 0 Å². The number of aromatic nitrogens is 1. The van der Waals surface area contributed by atoms with Gasteiger partial charge in [0.05, 0.1) is 9.82 Å². The minimum atomic E-state index is -3.76. The molecule has 0 bridgehead atoms. The Hall–Kier alpha value is -2.67. The number of nitro groups is 1. The minimum absolute atomic E-state index is 0.0325. The van der Waals surface area contributed by atoms with Gasteiger partial charge < -0.3 is 4.40 Å². The number of benzene rings is 1. The van der Waals surface area contributed by atoms with E-state index in [0.717, 1.165) is 5.52 Å². The molecular formula is C15H12N2O4S. The summed E-state index contributed by atoms with van der Waals surface area (Å²) in [5.41, 5.74) is 1.26. The molecule has 0 amide bonds. The lowest BCUT2D eigenvalue weighted by molar-refractivity contribution is -0.384. The van der Waals surface area contributed by atoms with Crippen molar-refractivity contribution in [2.45, 2.75) is 16.8 Å². The maximum Gasteiger partial charge on any atom is 0.269 e. The molecule has 0 aliphatic carbocycles. The van der Waals surface area contributed by atoms with Crippen LogP contribution >= 0.6 is 0 Å². The van der Waals surface area contributed by atoms with Gasteiger partial charge in [-0.3, -0.25) is 10.1 Å². The van der Waals surface area contributed by atoms with Crippen LogP contribution in [-0.4, -0.2) is 17.7 Å². The quantitative estimate of drug-likeness (QED) is 0.549. The van der Waals surface area contributed by atoms with Crippen molar-refractivity contribution in [3.8, 4) is 0 Å². The largest absolute Gasteiger partial charge is 0.307 e. The van der Waals surface area contributed by atoms with Gasteiger partial charge in [-0.15, -0.1) is 0 Å². The van der Waals surface area contributed by atoms with Crippen LogP contribution in [0, 0.1) is 17.0 Å². The summed E-state index contributed by atoms with van der Waals surface area (Å²) in [5, 5.41) is 10.8. The predicted octanol–water partition coefficient (Wildman–Crippen LogP) is 2.99. The van der Waals surface area contributed by atoms with E-state index in [1.807, 2.05) is 12.1 Å². The van der Waals surface area contributed by atoms with Gasteiger partial charge >= 0.3 is 0 Å². The minimum Gasteiger partial charge on any atom is -0.307 e. The first-order valence-corrected chi connectivity index (χ1v) is 7.96. The fourth-order valence-corrected chi connectivity index (χ4v) is 4.06. The Labute approximate surface area is 126 Å². The van der Waals surface area contributed by atoms with Crippen molar-refractivity contribution in [1.82, 2.24) is 4.40 Å². The summed E-state index contributed by atoms with van der Waals surface area (Å²) >= 11 is 0. The van der Waals surface area contributed by atoms with Gasteiger partial charge in [-0.05, 0) is 42.8 Å². The summed E-state index contributed by atoms with van der Waals surface area (Å²) in [6.45, 7) is 1.73. The van der Waals surface area contributed by atoms with Crippen molar-refractivity contribution in [1.29, 1.82) is 0 Å². The molecule has 3 rings (SSSR count). The molecule has 112 valence electrons. The molecule has 0 radical (unpaired) electrons. The molecule has 0 fully saturated rings. The van der Waals surface area contributed by atoms with E-state index in [9.17, 15) is 18.5 Å². The molecule has 2 heterocycles. The maximum atomic E-state index is 12.8. The molecule has 0 atom stereocenters. The third-order valence-electron chi connectivity index (χ3n) is 3.42. The number of sulfone groups is 1. The lowest BCUT2D eigenvalue weighted by atomic mass is 10.3. The normalized spacial score (nSPS) is 11.7. The summed E-state index contributed by atoms with van der Waals surface area (Å²) in [4.78, 5) is 10.1. The second-order valence-electron chi connectivity index (χ2n) is 4.88. The van der Waals surface area contributed by atoms with Crippen LogP contribution in [-0.2, 0) is 9.84 Å². The number of nitro benzene ring substituents is 1. The van der Waals surface area contributed by atoms with Gasteiger partial charge in [0.25, 0.3) is 5.69 Å². The highest BCUT2D eigenvalue weighted by Gasteiger charge is 2.24. The summed E-state index contributed by atoms with van der Waals surface area (Å²) < 4.78 is 27.2. The number of nitrogens with zero attached hydrogens (tertiary/aromatic N) is 2. The number of non-ortho nitro benzene ring substituents is 1. The molecule has 0 unspecified atom stereocenters. The van der Waals surface area contributed by atoms with Gasteiger partial charge in [0, 0.05) is 23.8 Å². The van der Waals surface area contributed by atoms with Gasteiger partial charge in [-0.2, -0.15) is 0 Å². The Balaban J connectivity index is 2.20. The Bertz CT molecular complexity index is 972. The molecule has 7 heteroatoms. The van der Waals surface area contributed by atoms with E-state index < -0.39 is 14.8 Å². The first-order valence-electron chi connectivity index (χ1n) is 6.47. The number of fused-ring (bicyclic) bond motifs is 1. The van der Waals surface area contributed by atoms with Crippen LogP contribution in [0.3, 0.4) is 0 Å². The third-order valence-corrected chi connectivity index (χ3v) is 5.34. The lowest BCUT2D eigenvalue weighted by Crippen LogP contribution is -2.07. The molecule has 22 heavy (non-hydrogen) atoms. The first kappa shape index (κ1) is 14.3. The highest BCUT2D eigenvalue weighted by Crippen LogP contribution is 2.27. The van der Waals surface area contributed by atoms with Crippen molar-refractivity contribution in [2.75, 3.05) is 0 Å².